The van der Waals surface area contributed by atoms with E-state index in [2.05, 4.69) is 5.32 Å². The fraction of sp³-hybridized carbons (Fsp3) is 0.200. The summed E-state index contributed by atoms with van der Waals surface area (Å²) in [6.07, 6.45) is 1.78. The number of amides is 2. The molecule has 2 amide bonds. The zero-order chi connectivity index (χ0) is 20.9. The second-order valence-electron chi connectivity index (χ2n) is 7.45. The van der Waals surface area contributed by atoms with E-state index in [1.807, 2.05) is 60.7 Å². The van der Waals surface area contributed by atoms with Gasteiger partial charge in [-0.2, -0.15) is 0 Å². The van der Waals surface area contributed by atoms with E-state index in [9.17, 15) is 14.0 Å². The third-order valence-corrected chi connectivity index (χ3v) is 5.34. The molecule has 4 nitrogen and oxygen atoms in total. The zero-order valence-corrected chi connectivity index (χ0v) is 16.6. The average Bonchev–Trinajstić information content (AvgIpc) is 2.90. The lowest BCUT2D eigenvalue weighted by molar-refractivity contribution is -0.136. The van der Waals surface area contributed by atoms with Gasteiger partial charge in [0, 0.05) is 17.7 Å². The van der Waals surface area contributed by atoms with E-state index in [0.29, 0.717) is 24.1 Å². The van der Waals surface area contributed by atoms with Crippen LogP contribution in [0, 0.1) is 5.82 Å². The number of fused-ring (bicyclic) bond motifs is 1. The predicted molar refractivity (Wildman–Crippen MR) is 114 cm³/mol. The fourth-order valence-electron chi connectivity index (χ4n) is 3.94. The number of hydrogen-bond acceptors (Lipinski definition) is 2. The Bertz CT molecular complexity index is 1040. The number of nitrogens with one attached hydrogen (secondary N) is 1. The molecule has 0 saturated carbocycles. The van der Waals surface area contributed by atoms with E-state index in [1.54, 1.807) is 11.0 Å². The molecule has 0 aromatic heterocycles. The number of anilines is 1. The smallest absolute Gasteiger partial charge is 0.244 e. The number of rotatable bonds is 5. The monoisotopic (exact) mass is 402 g/mol. The molecule has 3 aromatic rings. The standard InChI is InChI=1S/C25H23FN2O2/c26-20-14-15-22-21(16-20)25(19-11-5-2-6-12-19)28(17-23(29)27-22)24(30)13-7-10-18-8-3-1-4-9-18/h1-6,8-9,11-12,14-16,25H,7,10,13,17H2,(H,27,29)/t25-/m0/s1. The van der Waals surface area contributed by atoms with Gasteiger partial charge in [0.1, 0.15) is 12.4 Å². The minimum absolute atomic E-state index is 0.0694. The number of benzene rings is 3. The molecule has 1 aliphatic rings. The topological polar surface area (TPSA) is 49.4 Å². The normalized spacial score (nSPS) is 15.8. The molecule has 0 spiro atoms. The molecule has 0 aliphatic carbocycles. The van der Waals surface area contributed by atoms with Crippen molar-refractivity contribution in [2.45, 2.75) is 25.3 Å². The van der Waals surface area contributed by atoms with Gasteiger partial charge in [0.2, 0.25) is 11.8 Å². The summed E-state index contributed by atoms with van der Waals surface area (Å²) in [6, 6.07) is 23.2. The van der Waals surface area contributed by atoms with Crippen LogP contribution in [0.4, 0.5) is 10.1 Å². The molecule has 0 fully saturated rings. The quantitative estimate of drug-likeness (QED) is 0.671. The van der Waals surface area contributed by atoms with Crippen molar-refractivity contribution in [3.8, 4) is 0 Å². The summed E-state index contributed by atoms with van der Waals surface area (Å²) >= 11 is 0. The lowest BCUT2D eigenvalue weighted by atomic mass is 9.95. The van der Waals surface area contributed by atoms with Crippen LogP contribution >= 0.6 is 0 Å². The van der Waals surface area contributed by atoms with Crippen LogP contribution in [0.5, 0.6) is 0 Å². The lowest BCUT2D eigenvalue weighted by Gasteiger charge is -2.30. The summed E-state index contributed by atoms with van der Waals surface area (Å²) in [5.41, 5.74) is 3.14. The highest BCUT2D eigenvalue weighted by atomic mass is 19.1. The minimum Gasteiger partial charge on any atom is -0.324 e. The van der Waals surface area contributed by atoms with E-state index < -0.39 is 11.9 Å². The Hall–Kier alpha value is -3.47. The van der Waals surface area contributed by atoms with Crippen LogP contribution in [0.15, 0.2) is 78.9 Å². The summed E-state index contributed by atoms with van der Waals surface area (Å²) in [5.74, 6) is -0.799. The van der Waals surface area contributed by atoms with Crippen molar-refractivity contribution in [3.05, 3.63) is 101 Å². The number of nitrogens with zero attached hydrogens (tertiary/aromatic N) is 1. The molecule has 1 heterocycles. The number of aryl methyl sites for hydroxylation is 1. The second kappa shape index (κ2) is 8.91. The number of carbonyl (C=O) groups is 2. The molecule has 3 aromatic carbocycles. The number of halogens is 1. The van der Waals surface area contributed by atoms with Crippen LogP contribution in [0.2, 0.25) is 0 Å². The molecule has 0 unspecified atom stereocenters. The van der Waals surface area contributed by atoms with Gasteiger partial charge in [-0.1, -0.05) is 60.7 Å². The first-order chi connectivity index (χ1) is 14.6. The highest BCUT2D eigenvalue weighted by Gasteiger charge is 2.33. The van der Waals surface area contributed by atoms with Gasteiger partial charge in [0.05, 0.1) is 6.04 Å². The molecule has 4 rings (SSSR count). The van der Waals surface area contributed by atoms with Crippen molar-refractivity contribution in [2.24, 2.45) is 0 Å². The molecule has 1 atom stereocenters. The Balaban J connectivity index is 1.63. The first-order valence-corrected chi connectivity index (χ1v) is 10.1. The fourth-order valence-corrected chi connectivity index (χ4v) is 3.94. The van der Waals surface area contributed by atoms with E-state index in [4.69, 9.17) is 0 Å². The third-order valence-electron chi connectivity index (χ3n) is 5.34. The van der Waals surface area contributed by atoms with Gasteiger partial charge in [-0.3, -0.25) is 9.59 Å². The Morgan fingerprint density at radius 2 is 1.70 bits per heavy atom. The molecule has 0 radical (unpaired) electrons. The molecule has 0 bridgehead atoms. The SMILES string of the molecule is O=C1CN(C(=O)CCCc2ccccc2)[C@@H](c2ccccc2)c2cc(F)ccc2N1. The van der Waals surface area contributed by atoms with E-state index >= 15 is 0 Å². The van der Waals surface area contributed by atoms with Crippen molar-refractivity contribution in [2.75, 3.05) is 11.9 Å². The van der Waals surface area contributed by atoms with Gasteiger partial charge in [0.25, 0.3) is 0 Å². The number of carbonyl (C=O) groups excluding carboxylic acids is 2. The minimum atomic E-state index is -0.528. The Morgan fingerprint density at radius 1 is 1.00 bits per heavy atom. The van der Waals surface area contributed by atoms with Crippen molar-refractivity contribution < 1.29 is 14.0 Å². The highest BCUT2D eigenvalue weighted by molar-refractivity contribution is 5.97. The maximum Gasteiger partial charge on any atom is 0.244 e. The van der Waals surface area contributed by atoms with Crippen molar-refractivity contribution in [1.29, 1.82) is 0 Å². The van der Waals surface area contributed by atoms with Crippen LogP contribution in [0.3, 0.4) is 0 Å². The molecule has 5 heteroatoms. The molecule has 30 heavy (non-hydrogen) atoms. The van der Waals surface area contributed by atoms with Crippen LogP contribution in [0.1, 0.15) is 35.6 Å². The highest BCUT2D eigenvalue weighted by Crippen LogP contribution is 2.36. The van der Waals surface area contributed by atoms with Gasteiger partial charge in [-0.25, -0.2) is 4.39 Å². The number of hydrogen-bond donors (Lipinski definition) is 1. The maximum absolute atomic E-state index is 14.1. The molecule has 152 valence electrons. The van der Waals surface area contributed by atoms with E-state index in [0.717, 1.165) is 12.0 Å². The van der Waals surface area contributed by atoms with Gasteiger partial charge in [0.15, 0.2) is 0 Å². The Kier molecular flexibility index (Phi) is 5.89. The summed E-state index contributed by atoms with van der Waals surface area (Å²) < 4.78 is 14.1. The summed E-state index contributed by atoms with van der Waals surface area (Å²) in [6.45, 7) is -0.0694. The first kappa shape index (κ1) is 19.8. The Labute approximate surface area is 175 Å². The van der Waals surface area contributed by atoms with Gasteiger partial charge < -0.3 is 10.2 Å². The van der Waals surface area contributed by atoms with Crippen LogP contribution in [-0.2, 0) is 16.0 Å². The van der Waals surface area contributed by atoms with Crippen LogP contribution in [-0.4, -0.2) is 23.3 Å². The van der Waals surface area contributed by atoms with Crippen molar-refractivity contribution >= 4 is 17.5 Å². The van der Waals surface area contributed by atoms with Gasteiger partial charge in [-0.15, -0.1) is 0 Å². The Morgan fingerprint density at radius 3 is 2.43 bits per heavy atom. The first-order valence-electron chi connectivity index (χ1n) is 10.1. The molecule has 1 aliphatic heterocycles. The molecular weight excluding hydrogens is 379 g/mol. The van der Waals surface area contributed by atoms with Gasteiger partial charge >= 0.3 is 0 Å². The van der Waals surface area contributed by atoms with Gasteiger partial charge in [-0.05, 0) is 42.2 Å². The zero-order valence-electron chi connectivity index (χ0n) is 16.6. The second-order valence-corrected chi connectivity index (χ2v) is 7.45. The summed E-state index contributed by atoms with van der Waals surface area (Å²) in [7, 11) is 0. The average molecular weight is 402 g/mol. The largest absolute Gasteiger partial charge is 0.324 e. The van der Waals surface area contributed by atoms with Crippen molar-refractivity contribution in [1.82, 2.24) is 4.90 Å². The molecule has 1 N–H and O–H groups in total. The summed E-state index contributed by atoms with van der Waals surface area (Å²) in [5, 5.41) is 2.82. The van der Waals surface area contributed by atoms with E-state index in [1.165, 1.54) is 17.7 Å². The third kappa shape index (κ3) is 4.40. The molecular formula is C25H23FN2O2. The van der Waals surface area contributed by atoms with Crippen LogP contribution < -0.4 is 5.32 Å². The van der Waals surface area contributed by atoms with Crippen LogP contribution in [0.25, 0.3) is 0 Å². The molecule has 0 saturated heterocycles. The predicted octanol–water partition coefficient (Wildman–Crippen LogP) is 4.72. The lowest BCUT2D eigenvalue weighted by Crippen LogP contribution is -2.38. The van der Waals surface area contributed by atoms with Crippen molar-refractivity contribution in [3.63, 3.8) is 0 Å². The summed E-state index contributed by atoms with van der Waals surface area (Å²) in [4.78, 5) is 27.3. The van der Waals surface area contributed by atoms with E-state index in [-0.39, 0.29) is 18.4 Å². The maximum atomic E-state index is 14.1.